The minimum atomic E-state index is 0.000884. The topological polar surface area (TPSA) is 73.6 Å². The number of hydrogen-bond donors (Lipinski definition) is 2. The van der Waals surface area contributed by atoms with Crippen molar-refractivity contribution in [2.45, 2.75) is 31.7 Å². The Balaban J connectivity index is 1.56. The number of carbonyl (C=O) groups excluding carboxylic acids is 1. The lowest BCUT2D eigenvalue weighted by Gasteiger charge is -2.27. The minimum Gasteiger partial charge on any atom is -0.497 e. The third kappa shape index (κ3) is 3.15. The molecule has 2 aliphatic carbocycles. The van der Waals surface area contributed by atoms with Crippen molar-refractivity contribution < 1.29 is 14.3 Å². The monoisotopic (exact) mass is 318 g/mol. The van der Waals surface area contributed by atoms with Crippen LogP contribution in [0.3, 0.4) is 0 Å². The molecule has 4 atom stereocenters. The van der Waals surface area contributed by atoms with Crippen LogP contribution in [0.4, 0.5) is 0 Å². The maximum absolute atomic E-state index is 12.5. The van der Waals surface area contributed by atoms with Gasteiger partial charge in [0.1, 0.15) is 11.5 Å². The highest BCUT2D eigenvalue weighted by Crippen LogP contribution is 2.47. The van der Waals surface area contributed by atoms with Crippen LogP contribution in [0.2, 0.25) is 0 Å². The predicted octanol–water partition coefficient (Wildman–Crippen LogP) is 1.74. The summed E-state index contributed by atoms with van der Waals surface area (Å²) in [5.41, 5.74) is 7.27. The Labute approximate surface area is 137 Å². The molecule has 0 spiro atoms. The molecule has 2 saturated carbocycles. The number of hydrogen-bond acceptors (Lipinski definition) is 4. The lowest BCUT2D eigenvalue weighted by atomic mass is 9.84. The molecule has 0 radical (unpaired) electrons. The van der Waals surface area contributed by atoms with Crippen LogP contribution in [-0.2, 0) is 11.2 Å². The van der Waals surface area contributed by atoms with E-state index in [1.54, 1.807) is 14.2 Å². The van der Waals surface area contributed by atoms with Gasteiger partial charge in [-0.2, -0.15) is 0 Å². The number of amides is 1. The first-order valence-electron chi connectivity index (χ1n) is 8.38. The zero-order chi connectivity index (χ0) is 16.4. The van der Waals surface area contributed by atoms with E-state index in [0.29, 0.717) is 24.8 Å². The molecule has 2 fully saturated rings. The summed E-state index contributed by atoms with van der Waals surface area (Å²) < 4.78 is 10.6. The molecule has 1 amide bonds. The number of methoxy groups -OCH3 is 2. The summed E-state index contributed by atoms with van der Waals surface area (Å²) in [6.45, 7) is 0.586. The first kappa shape index (κ1) is 16.1. The van der Waals surface area contributed by atoms with Gasteiger partial charge in [0.05, 0.1) is 20.1 Å². The highest BCUT2D eigenvalue weighted by molar-refractivity contribution is 5.80. The van der Waals surface area contributed by atoms with Crippen LogP contribution < -0.4 is 20.5 Å². The number of benzene rings is 1. The maximum atomic E-state index is 12.5. The summed E-state index contributed by atoms with van der Waals surface area (Å²) in [7, 11) is 3.29. The van der Waals surface area contributed by atoms with Gasteiger partial charge in [-0.05, 0) is 61.3 Å². The van der Waals surface area contributed by atoms with E-state index in [1.165, 1.54) is 6.42 Å². The first-order chi connectivity index (χ1) is 11.1. The van der Waals surface area contributed by atoms with Crippen LogP contribution in [0.15, 0.2) is 18.2 Å². The van der Waals surface area contributed by atoms with E-state index in [4.69, 9.17) is 15.2 Å². The summed E-state index contributed by atoms with van der Waals surface area (Å²) in [5.74, 6) is 2.77. The van der Waals surface area contributed by atoms with Gasteiger partial charge in [-0.1, -0.05) is 0 Å². The molecule has 0 saturated heterocycles. The Bertz CT molecular complexity index is 573. The SMILES string of the molecule is COc1ccc(OC)c(CCNC(=O)C2C3CCC(C3)C2N)c1. The summed E-state index contributed by atoms with van der Waals surface area (Å²) in [6, 6.07) is 5.76. The van der Waals surface area contributed by atoms with Crippen molar-refractivity contribution in [3.63, 3.8) is 0 Å². The van der Waals surface area contributed by atoms with Gasteiger partial charge < -0.3 is 20.5 Å². The Morgan fingerprint density at radius 2 is 2.04 bits per heavy atom. The summed E-state index contributed by atoms with van der Waals surface area (Å²) in [5, 5.41) is 3.06. The lowest BCUT2D eigenvalue weighted by Crippen LogP contribution is -2.45. The van der Waals surface area contributed by atoms with Gasteiger partial charge in [-0.25, -0.2) is 0 Å². The third-order valence-corrected chi connectivity index (χ3v) is 5.46. The molecule has 3 rings (SSSR count). The molecule has 23 heavy (non-hydrogen) atoms. The van der Waals surface area contributed by atoms with Crippen molar-refractivity contribution in [1.82, 2.24) is 5.32 Å². The zero-order valence-electron chi connectivity index (χ0n) is 13.9. The number of nitrogens with one attached hydrogen (secondary N) is 1. The van der Waals surface area contributed by atoms with Gasteiger partial charge in [0.15, 0.2) is 0 Å². The van der Waals surface area contributed by atoms with Crippen LogP contribution in [0.5, 0.6) is 11.5 Å². The van der Waals surface area contributed by atoms with E-state index in [0.717, 1.165) is 29.9 Å². The summed E-state index contributed by atoms with van der Waals surface area (Å²) >= 11 is 0. The molecule has 1 aromatic rings. The van der Waals surface area contributed by atoms with Gasteiger partial charge in [-0.3, -0.25) is 4.79 Å². The Hall–Kier alpha value is -1.75. The second kappa shape index (κ2) is 6.79. The molecule has 5 heteroatoms. The molecule has 0 heterocycles. The second-order valence-electron chi connectivity index (χ2n) is 6.66. The van der Waals surface area contributed by atoms with E-state index >= 15 is 0 Å². The second-order valence-corrected chi connectivity index (χ2v) is 6.66. The molecule has 0 aromatic heterocycles. The predicted molar refractivity (Wildman–Crippen MR) is 88.6 cm³/mol. The third-order valence-electron chi connectivity index (χ3n) is 5.46. The van der Waals surface area contributed by atoms with Crippen molar-refractivity contribution in [3.05, 3.63) is 23.8 Å². The Kier molecular flexibility index (Phi) is 4.76. The number of fused-ring (bicyclic) bond motifs is 2. The van der Waals surface area contributed by atoms with E-state index in [9.17, 15) is 4.79 Å². The molecule has 2 bridgehead atoms. The smallest absolute Gasteiger partial charge is 0.224 e. The Morgan fingerprint density at radius 3 is 2.70 bits per heavy atom. The molecule has 0 aliphatic heterocycles. The van der Waals surface area contributed by atoms with Crippen molar-refractivity contribution in [3.8, 4) is 11.5 Å². The van der Waals surface area contributed by atoms with Gasteiger partial charge >= 0.3 is 0 Å². The van der Waals surface area contributed by atoms with Crippen molar-refractivity contribution in [1.29, 1.82) is 0 Å². The van der Waals surface area contributed by atoms with Crippen LogP contribution in [-0.4, -0.2) is 32.7 Å². The van der Waals surface area contributed by atoms with E-state index < -0.39 is 0 Å². The standard InChI is InChI=1S/C18H26N2O3/c1-22-14-5-6-15(23-2)11(10-14)7-8-20-18(21)16-12-3-4-13(9-12)17(16)19/h5-6,10,12-13,16-17H,3-4,7-9,19H2,1-2H3,(H,20,21). The van der Waals surface area contributed by atoms with Crippen LogP contribution in [0.25, 0.3) is 0 Å². The number of rotatable bonds is 6. The fraction of sp³-hybridized carbons (Fsp3) is 0.611. The van der Waals surface area contributed by atoms with Crippen molar-refractivity contribution >= 4 is 5.91 Å². The van der Waals surface area contributed by atoms with Gasteiger partial charge in [0, 0.05) is 12.6 Å². The maximum Gasteiger partial charge on any atom is 0.224 e. The quantitative estimate of drug-likeness (QED) is 0.838. The lowest BCUT2D eigenvalue weighted by molar-refractivity contribution is -0.127. The summed E-state index contributed by atoms with van der Waals surface area (Å²) in [4.78, 5) is 12.5. The molecule has 4 unspecified atom stereocenters. The molecule has 2 aliphatic rings. The largest absolute Gasteiger partial charge is 0.497 e. The molecule has 1 aromatic carbocycles. The molecular weight excluding hydrogens is 292 g/mol. The fourth-order valence-electron chi connectivity index (χ4n) is 4.24. The molecule has 5 nitrogen and oxygen atoms in total. The zero-order valence-corrected chi connectivity index (χ0v) is 13.9. The molecular formula is C18H26N2O3. The number of nitrogens with two attached hydrogens (primary N) is 1. The normalized spacial score (nSPS) is 28.7. The van der Waals surface area contributed by atoms with Crippen molar-refractivity contribution in [2.24, 2.45) is 23.5 Å². The highest BCUT2D eigenvalue weighted by atomic mass is 16.5. The molecule has 3 N–H and O–H groups in total. The van der Waals surface area contributed by atoms with Crippen molar-refractivity contribution in [2.75, 3.05) is 20.8 Å². The average Bonchev–Trinajstić information content (AvgIpc) is 3.15. The van der Waals surface area contributed by atoms with Crippen LogP contribution in [0.1, 0.15) is 24.8 Å². The van der Waals surface area contributed by atoms with Crippen LogP contribution in [0, 0.1) is 17.8 Å². The van der Waals surface area contributed by atoms with Gasteiger partial charge in [-0.15, -0.1) is 0 Å². The van der Waals surface area contributed by atoms with Crippen LogP contribution >= 0.6 is 0 Å². The number of ether oxygens (including phenoxy) is 2. The van der Waals surface area contributed by atoms with Gasteiger partial charge in [0.2, 0.25) is 5.91 Å². The fourth-order valence-corrected chi connectivity index (χ4v) is 4.24. The highest BCUT2D eigenvalue weighted by Gasteiger charge is 2.48. The summed E-state index contributed by atoms with van der Waals surface area (Å²) in [6.07, 6.45) is 4.18. The average molecular weight is 318 g/mol. The minimum absolute atomic E-state index is 0.000884. The van der Waals surface area contributed by atoms with E-state index in [2.05, 4.69) is 5.32 Å². The Morgan fingerprint density at radius 1 is 1.26 bits per heavy atom. The van der Waals surface area contributed by atoms with Gasteiger partial charge in [0.25, 0.3) is 0 Å². The van der Waals surface area contributed by atoms with E-state index in [-0.39, 0.29) is 17.9 Å². The molecule has 126 valence electrons. The van der Waals surface area contributed by atoms with E-state index in [1.807, 2.05) is 18.2 Å². The number of carbonyl (C=O) groups is 1. The first-order valence-corrected chi connectivity index (χ1v) is 8.38.